The summed E-state index contributed by atoms with van der Waals surface area (Å²) in [6, 6.07) is 7.96. The molecule has 0 aliphatic rings. The van der Waals surface area contributed by atoms with Crippen molar-refractivity contribution < 1.29 is 0 Å². The smallest absolute Gasteiger partial charge is 0.0626 e. The summed E-state index contributed by atoms with van der Waals surface area (Å²) in [4.78, 5) is 1.11. The van der Waals surface area contributed by atoms with Crippen LogP contribution in [-0.2, 0) is 7.05 Å². The third kappa shape index (κ3) is 3.53. The zero-order chi connectivity index (χ0) is 13.8. The van der Waals surface area contributed by atoms with Crippen LogP contribution in [-0.4, -0.2) is 15.8 Å². The van der Waals surface area contributed by atoms with Crippen molar-refractivity contribution in [2.45, 2.75) is 29.5 Å². The van der Waals surface area contributed by atoms with Gasteiger partial charge in [0.15, 0.2) is 0 Å². The molecule has 19 heavy (non-hydrogen) atoms. The van der Waals surface area contributed by atoms with Gasteiger partial charge >= 0.3 is 0 Å². The highest BCUT2D eigenvalue weighted by Crippen LogP contribution is 2.40. The Labute approximate surface area is 123 Å². The molecule has 2 N–H and O–H groups in total. The van der Waals surface area contributed by atoms with Gasteiger partial charge in [0.1, 0.15) is 0 Å². The molecule has 2 rings (SSSR count). The van der Waals surface area contributed by atoms with E-state index in [1.54, 1.807) is 16.4 Å². The first kappa shape index (κ1) is 14.4. The molecule has 1 heterocycles. The lowest BCUT2D eigenvalue weighted by Crippen LogP contribution is -2.25. The van der Waals surface area contributed by atoms with Gasteiger partial charge in [-0.25, -0.2) is 0 Å². The fraction of sp³-hybridized carbons (Fsp3) is 0.357. The van der Waals surface area contributed by atoms with Crippen LogP contribution < -0.4 is 5.73 Å². The van der Waals surface area contributed by atoms with Gasteiger partial charge in [-0.2, -0.15) is 5.10 Å². The Hall–Kier alpha value is -0.970. The van der Waals surface area contributed by atoms with E-state index in [4.69, 9.17) is 17.3 Å². The normalized spacial score (nSPS) is 14.3. The summed E-state index contributed by atoms with van der Waals surface area (Å²) >= 11 is 8.02. The Morgan fingerprint density at radius 3 is 2.74 bits per heavy atom. The molecule has 2 unspecified atom stereocenters. The number of aromatic nitrogens is 2. The van der Waals surface area contributed by atoms with Gasteiger partial charge in [0.2, 0.25) is 0 Å². The quantitative estimate of drug-likeness (QED) is 0.857. The molecule has 0 saturated heterocycles. The van der Waals surface area contributed by atoms with Gasteiger partial charge in [0.25, 0.3) is 0 Å². The fourth-order valence-corrected chi connectivity index (χ4v) is 3.54. The van der Waals surface area contributed by atoms with Gasteiger partial charge in [0, 0.05) is 29.2 Å². The summed E-state index contributed by atoms with van der Waals surface area (Å²) in [6.45, 7) is 2.10. The van der Waals surface area contributed by atoms with Crippen molar-refractivity contribution in [2.75, 3.05) is 0 Å². The van der Waals surface area contributed by atoms with Crippen LogP contribution in [0.3, 0.4) is 0 Å². The number of hydrogen-bond acceptors (Lipinski definition) is 3. The number of hydrogen-bond donors (Lipinski definition) is 1. The summed E-state index contributed by atoms with van der Waals surface area (Å²) in [6.07, 6.45) is 4.76. The zero-order valence-corrected chi connectivity index (χ0v) is 12.7. The van der Waals surface area contributed by atoms with Crippen molar-refractivity contribution in [1.29, 1.82) is 0 Å². The highest BCUT2D eigenvalue weighted by atomic mass is 35.5. The lowest BCUT2D eigenvalue weighted by molar-refractivity contribution is 0.634. The molecule has 0 amide bonds. The van der Waals surface area contributed by atoms with Crippen LogP contribution in [0.5, 0.6) is 0 Å². The molecule has 0 bridgehead atoms. The Balaban J connectivity index is 2.29. The van der Waals surface area contributed by atoms with Crippen molar-refractivity contribution in [3.8, 4) is 0 Å². The molecule has 3 nitrogen and oxygen atoms in total. The molecule has 102 valence electrons. The average Bonchev–Trinajstić information content (AvgIpc) is 2.82. The Morgan fingerprint density at radius 2 is 2.16 bits per heavy atom. The maximum absolute atomic E-state index is 6.30. The van der Waals surface area contributed by atoms with E-state index in [0.29, 0.717) is 0 Å². The van der Waals surface area contributed by atoms with Crippen LogP contribution >= 0.6 is 23.4 Å². The Morgan fingerprint density at radius 1 is 1.42 bits per heavy atom. The molecule has 2 atom stereocenters. The second kappa shape index (κ2) is 6.46. The first-order valence-electron chi connectivity index (χ1n) is 6.27. The maximum Gasteiger partial charge on any atom is 0.0626 e. The van der Waals surface area contributed by atoms with Crippen molar-refractivity contribution in [3.63, 3.8) is 0 Å². The summed E-state index contributed by atoms with van der Waals surface area (Å²) in [7, 11) is 1.91. The lowest BCUT2D eigenvalue weighted by atomic mass is 10.0. The average molecular weight is 296 g/mol. The number of nitrogens with zero attached hydrogens (tertiary/aromatic N) is 2. The molecule has 1 aromatic carbocycles. The van der Waals surface area contributed by atoms with Gasteiger partial charge in [-0.1, -0.05) is 36.7 Å². The van der Waals surface area contributed by atoms with Gasteiger partial charge < -0.3 is 5.73 Å². The van der Waals surface area contributed by atoms with E-state index in [2.05, 4.69) is 12.0 Å². The Kier molecular flexibility index (Phi) is 4.91. The van der Waals surface area contributed by atoms with Crippen LogP contribution in [0.1, 0.15) is 24.2 Å². The minimum Gasteiger partial charge on any atom is -0.326 e. The molecule has 1 aromatic heterocycles. The number of nitrogens with two attached hydrogens (primary N) is 1. The standard InChI is InChI=1S/C14H18ClN3S/c1-3-13(16)14(11-6-4-5-7-12(11)15)19-10-8-17-18(2)9-10/h4-9,13-14H,3,16H2,1-2H3. The van der Waals surface area contributed by atoms with E-state index in [9.17, 15) is 0 Å². The summed E-state index contributed by atoms with van der Waals surface area (Å²) in [5.41, 5.74) is 7.36. The van der Waals surface area contributed by atoms with Gasteiger partial charge in [0.05, 0.1) is 11.4 Å². The number of halogens is 1. The largest absolute Gasteiger partial charge is 0.326 e. The summed E-state index contributed by atoms with van der Waals surface area (Å²) in [5, 5.41) is 5.11. The molecule has 5 heteroatoms. The van der Waals surface area contributed by atoms with Gasteiger partial charge in [-0.3, -0.25) is 4.68 Å². The lowest BCUT2D eigenvalue weighted by Gasteiger charge is -2.23. The van der Waals surface area contributed by atoms with E-state index >= 15 is 0 Å². The fourth-order valence-electron chi connectivity index (χ4n) is 1.91. The molecular formula is C14H18ClN3S. The molecule has 0 aliphatic carbocycles. The predicted molar refractivity (Wildman–Crippen MR) is 81.5 cm³/mol. The summed E-state index contributed by atoms with van der Waals surface area (Å²) < 4.78 is 1.80. The van der Waals surface area contributed by atoms with Crippen LogP contribution in [0.25, 0.3) is 0 Å². The van der Waals surface area contributed by atoms with Crippen molar-refractivity contribution in [1.82, 2.24) is 9.78 Å². The molecule has 0 spiro atoms. The predicted octanol–water partition coefficient (Wildman–Crippen LogP) is 3.64. The number of thioether (sulfide) groups is 1. The van der Waals surface area contributed by atoms with E-state index in [1.165, 1.54) is 0 Å². The highest BCUT2D eigenvalue weighted by molar-refractivity contribution is 7.99. The van der Waals surface area contributed by atoms with Crippen molar-refractivity contribution in [2.24, 2.45) is 12.8 Å². The topological polar surface area (TPSA) is 43.8 Å². The number of aryl methyl sites for hydroxylation is 1. The monoisotopic (exact) mass is 295 g/mol. The minimum atomic E-state index is 0.0603. The number of rotatable bonds is 5. The first-order valence-corrected chi connectivity index (χ1v) is 7.53. The van der Waals surface area contributed by atoms with E-state index < -0.39 is 0 Å². The second-order valence-electron chi connectivity index (χ2n) is 4.48. The van der Waals surface area contributed by atoms with Crippen LogP contribution in [0, 0.1) is 0 Å². The Bertz CT molecular complexity index is 541. The molecule has 0 aliphatic heterocycles. The van der Waals surface area contributed by atoms with E-state index in [0.717, 1.165) is 21.9 Å². The first-order chi connectivity index (χ1) is 9.11. The molecular weight excluding hydrogens is 278 g/mol. The third-order valence-electron chi connectivity index (χ3n) is 3.02. The molecule has 0 fully saturated rings. The maximum atomic E-state index is 6.30. The molecule has 0 saturated carbocycles. The number of benzene rings is 1. The zero-order valence-electron chi connectivity index (χ0n) is 11.1. The highest BCUT2D eigenvalue weighted by Gasteiger charge is 2.22. The van der Waals surface area contributed by atoms with Gasteiger partial charge in [-0.05, 0) is 18.1 Å². The molecule has 0 radical (unpaired) electrons. The van der Waals surface area contributed by atoms with E-state index in [-0.39, 0.29) is 11.3 Å². The van der Waals surface area contributed by atoms with Crippen LogP contribution in [0.15, 0.2) is 41.6 Å². The van der Waals surface area contributed by atoms with Crippen LogP contribution in [0.4, 0.5) is 0 Å². The molecule has 2 aromatic rings. The minimum absolute atomic E-state index is 0.0603. The van der Waals surface area contributed by atoms with Crippen molar-refractivity contribution >= 4 is 23.4 Å². The van der Waals surface area contributed by atoms with Crippen molar-refractivity contribution in [3.05, 3.63) is 47.2 Å². The van der Waals surface area contributed by atoms with E-state index in [1.807, 2.05) is 43.7 Å². The SMILES string of the molecule is CCC(N)C(Sc1cnn(C)c1)c1ccccc1Cl. The second-order valence-corrected chi connectivity index (χ2v) is 6.10. The summed E-state index contributed by atoms with van der Waals surface area (Å²) in [5.74, 6) is 0. The third-order valence-corrected chi connectivity index (χ3v) is 4.70. The van der Waals surface area contributed by atoms with Gasteiger partial charge in [-0.15, -0.1) is 11.8 Å². The van der Waals surface area contributed by atoms with Crippen LogP contribution in [0.2, 0.25) is 5.02 Å².